The Hall–Kier alpha value is -1.84. The molecule has 1 fully saturated rings. The van der Waals surface area contributed by atoms with Crippen LogP contribution >= 0.6 is 0 Å². The number of carbonyl (C=O) groups excluding carboxylic acids is 2. The van der Waals surface area contributed by atoms with Crippen LogP contribution in [-0.4, -0.2) is 29.8 Å². The number of nitrogens with zero attached hydrogens (tertiary/aromatic N) is 1. The Labute approximate surface area is 145 Å². The summed E-state index contributed by atoms with van der Waals surface area (Å²) in [6.45, 7) is 11.2. The molecule has 4 nitrogen and oxygen atoms in total. The molecule has 0 aromatic heterocycles. The number of nitrogens with one attached hydrogen (secondary N) is 1. The van der Waals surface area contributed by atoms with E-state index in [9.17, 15) is 9.59 Å². The number of benzene rings is 1. The van der Waals surface area contributed by atoms with Gasteiger partial charge in [0.1, 0.15) is 5.41 Å². The third kappa shape index (κ3) is 3.80. The van der Waals surface area contributed by atoms with Gasteiger partial charge < -0.3 is 10.2 Å². The molecule has 1 aromatic rings. The molecule has 0 bridgehead atoms. The minimum absolute atomic E-state index is 0.0708. The Kier molecular flexibility index (Phi) is 5.68. The third-order valence-electron chi connectivity index (χ3n) is 5.15. The molecule has 1 aliphatic heterocycles. The highest BCUT2D eigenvalue weighted by molar-refractivity contribution is 6.10. The predicted molar refractivity (Wildman–Crippen MR) is 97.9 cm³/mol. The molecule has 4 heteroatoms. The van der Waals surface area contributed by atoms with Crippen molar-refractivity contribution < 1.29 is 9.59 Å². The Morgan fingerprint density at radius 1 is 1.25 bits per heavy atom. The average Bonchev–Trinajstić information content (AvgIpc) is 2.56. The molecule has 2 rings (SSSR count). The van der Waals surface area contributed by atoms with Crippen molar-refractivity contribution in [1.82, 2.24) is 4.90 Å². The number of para-hydroxylation sites is 1. The molecule has 0 aliphatic carbocycles. The first-order chi connectivity index (χ1) is 11.3. The van der Waals surface area contributed by atoms with E-state index in [0.717, 1.165) is 49.2 Å². The van der Waals surface area contributed by atoms with Crippen molar-refractivity contribution in [3.05, 3.63) is 29.3 Å². The van der Waals surface area contributed by atoms with Crippen molar-refractivity contribution in [2.45, 2.75) is 53.9 Å². The fourth-order valence-corrected chi connectivity index (χ4v) is 3.18. The van der Waals surface area contributed by atoms with Crippen LogP contribution in [0.15, 0.2) is 18.2 Å². The summed E-state index contributed by atoms with van der Waals surface area (Å²) < 4.78 is 0. The quantitative estimate of drug-likeness (QED) is 0.854. The van der Waals surface area contributed by atoms with Crippen LogP contribution in [0.2, 0.25) is 0 Å². The van der Waals surface area contributed by atoms with E-state index in [-0.39, 0.29) is 11.8 Å². The molecular formula is C20H30N2O2. The molecule has 1 heterocycles. The van der Waals surface area contributed by atoms with Crippen LogP contribution in [0.3, 0.4) is 0 Å². The second-order valence-corrected chi connectivity index (χ2v) is 7.52. The van der Waals surface area contributed by atoms with Gasteiger partial charge in [0.2, 0.25) is 11.8 Å². The molecule has 132 valence electrons. The van der Waals surface area contributed by atoms with E-state index in [1.54, 1.807) is 13.8 Å². The van der Waals surface area contributed by atoms with Crippen LogP contribution in [-0.2, 0) is 16.0 Å². The Morgan fingerprint density at radius 3 is 2.46 bits per heavy atom. The first-order valence-corrected chi connectivity index (χ1v) is 8.96. The van der Waals surface area contributed by atoms with Gasteiger partial charge in [-0.2, -0.15) is 0 Å². The molecule has 1 N–H and O–H groups in total. The summed E-state index contributed by atoms with van der Waals surface area (Å²) in [6, 6.07) is 5.99. The summed E-state index contributed by atoms with van der Waals surface area (Å²) in [7, 11) is 0. The maximum atomic E-state index is 12.9. The molecule has 1 aromatic carbocycles. The van der Waals surface area contributed by atoms with Gasteiger partial charge in [0.15, 0.2) is 0 Å². The largest absolute Gasteiger partial charge is 0.342 e. The number of aryl methyl sites for hydroxylation is 2. The van der Waals surface area contributed by atoms with Crippen molar-refractivity contribution in [3.63, 3.8) is 0 Å². The standard InChI is InChI=1S/C20H30N2O2/c1-6-16-9-7-8-15(3)17(16)21-18(23)20(4,5)19(24)22-12-10-14(2)11-13-22/h7-9,14H,6,10-13H2,1-5H3,(H,21,23). The van der Waals surface area contributed by atoms with Crippen LogP contribution in [0.1, 0.15) is 51.7 Å². The lowest BCUT2D eigenvalue weighted by atomic mass is 9.88. The number of likely N-dealkylation sites (tertiary alicyclic amines) is 1. The molecule has 0 atom stereocenters. The van der Waals surface area contributed by atoms with Crippen LogP contribution < -0.4 is 5.32 Å². The first kappa shape index (κ1) is 18.5. The normalized spacial score (nSPS) is 16.1. The average molecular weight is 330 g/mol. The van der Waals surface area contributed by atoms with E-state index in [1.165, 1.54) is 0 Å². The Bertz CT molecular complexity index is 614. The fraction of sp³-hybridized carbons (Fsp3) is 0.600. The van der Waals surface area contributed by atoms with Crippen LogP contribution in [0, 0.1) is 18.3 Å². The van der Waals surface area contributed by atoms with Gasteiger partial charge in [-0.25, -0.2) is 0 Å². The Balaban J connectivity index is 2.14. The van der Waals surface area contributed by atoms with Crippen molar-refractivity contribution in [1.29, 1.82) is 0 Å². The van der Waals surface area contributed by atoms with E-state index in [1.807, 2.05) is 30.0 Å². The number of anilines is 1. The number of hydrogen-bond acceptors (Lipinski definition) is 2. The van der Waals surface area contributed by atoms with Crippen molar-refractivity contribution in [3.8, 4) is 0 Å². The SMILES string of the molecule is CCc1cccc(C)c1NC(=O)C(C)(C)C(=O)N1CCC(C)CC1. The molecule has 1 aliphatic rings. The van der Waals surface area contributed by atoms with E-state index < -0.39 is 5.41 Å². The minimum atomic E-state index is -1.06. The van der Waals surface area contributed by atoms with Gasteiger partial charge in [-0.1, -0.05) is 32.0 Å². The highest BCUT2D eigenvalue weighted by atomic mass is 16.2. The molecule has 1 saturated heterocycles. The van der Waals surface area contributed by atoms with Crippen molar-refractivity contribution in [2.75, 3.05) is 18.4 Å². The smallest absolute Gasteiger partial charge is 0.239 e. The zero-order valence-electron chi connectivity index (χ0n) is 15.6. The number of carbonyl (C=O) groups is 2. The zero-order valence-corrected chi connectivity index (χ0v) is 15.6. The fourth-order valence-electron chi connectivity index (χ4n) is 3.18. The van der Waals surface area contributed by atoms with Gasteiger partial charge in [0, 0.05) is 18.8 Å². The van der Waals surface area contributed by atoms with E-state index >= 15 is 0 Å². The van der Waals surface area contributed by atoms with Gasteiger partial charge in [-0.15, -0.1) is 0 Å². The predicted octanol–water partition coefficient (Wildman–Crippen LogP) is 3.78. The lowest BCUT2D eigenvalue weighted by Crippen LogP contribution is -2.49. The monoisotopic (exact) mass is 330 g/mol. The van der Waals surface area contributed by atoms with Crippen LogP contribution in [0.4, 0.5) is 5.69 Å². The molecule has 0 unspecified atom stereocenters. The summed E-state index contributed by atoms with van der Waals surface area (Å²) in [5.41, 5.74) is 1.91. The van der Waals surface area contributed by atoms with Crippen molar-refractivity contribution in [2.24, 2.45) is 11.3 Å². The molecular weight excluding hydrogens is 300 g/mol. The number of hydrogen-bond donors (Lipinski definition) is 1. The molecule has 0 saturated carbocycles. The zero-order chi connectivity index (χ0) is 17.9. The summed E-state index contributed by atoms with van der Waals surface area (Å²) >= 11 is 0. The second-order valence-electron chi connectivity index (χ2n) is 7.52. The summed E-state index contributed by atoms with van der Waals surface area (Å²) in [5.74, 6) is 0.360. The van der Waals surface area contributed by atoms with Gasteiger partial charge in [0.25, 0.3) is 0 Å². The van der Waals surface area contributed by atoms with E-state index in [4.69, 9.17) is 0 Å². The van der Waals surface area contributed by atoms with E-state index in [2.05, 4.69) is 19.2 Å². The third-order valence-corrected chi connectivity index (χ3v) is 5.15. The van der Waals surface area contributed by atoms with Gasteiger partial charge >= 0.3 is 0 Å². The minimum Gasteiger partial charge on any atom is -0.342 e. The van der Waals surface area contributed by atoms with Gasteiger partial charge in [-0.3, -0.25) is 9.59 Å². The molecule has 2 amide bonds. The van der Waals surface area contributed by atoms with Gasteiger partial charge in [-0.05, 0) is 57.1 Å². The number of piperidine rings is 1. The van der Waals surface area contributed by atoms with E-state index in [0.29, 0.717) is 5.92 Å². The molecule has 24 heavy (non-hydrogen) atoms. The molecule has 0 spiro atoms. The van der Waals surface area contributed by atoms with Crippen LogP contribution in [0.25, 0.3) is 0 Å². The van der Waals surface area contributed by atoms with Gasteiger partial charge in [0.05, 0.1) is 0 Å². The second kappa shape index (κ2) is 7.37. The summed E-state index contributed by atoms with van der Waals surface area (Å²) in [5, 5.41) is 3.01. The lowest BCUT2D eigenvalue weighted by Gasteiger charge is -2.35. The molecule has 0 radical (unpaired) electrons. The summed E-state index contributed by atoms with van der Waals surface area (Å²) in [4.78, 5) is 27.6. The Morgan fingerprint density at radius 2 is 1.88 bits per heavy atom. The van der Waals surface area contributed by atoms with Crippen LogP contribution in [0.5, 0.6) is 0 Å². The lowest BCUT2D eigenvalue weighted by molar-refractivity contribution is -0.147. The highest BCUT2D eigenvalue weighted by Crippen LogP contribution is 2.28. The summed E-state index contributed by atoms with van der Waals surface area (Å²) in [6.07, 6.45) is 2.87. The van der Waals surface area contributed by atoms with Crippen molar-refractivity contribution >= 4 is 17.5 Å². The topological polar surface area (TPSA) is 49.4 Å². The maximum absolute atomic E-state index is 12.9. The maximum Gasteiger partial charge on any atom is 0.239 e. The highest BCUT2D eigenvalue weighted by Gasteiger charge is 2.40. The number of amides is 2. The first-order valence-electron chi connectivity index (χ1n) is 8.96. The number of rotatable bonds is 4.